The van der Waals surface area contributed by atoms with E-state index in [0.717, 1.165) is 11.1 Å². The van der Waals surface area contributed by atoms with Crippen LogP contribution in [0.1, 0.15) is 39.3 Å². The van der Waals surface area contributed by atoms with Gasteiger partial charge in [0.05, 0.1) is 36.6 Å². The molecule has 11 nitrogen and oxygen atoms in total. The van der Waals surface area contributed by atoms with Gasteiger partial charge in [0.25, 0.3) is 0 Å². The molecule has 0 aliphatic heterocycles. The second-order valence-electron chi connectivity index (χ2n) is 8.92. The molecule has 0 amide bonds. The fourth-order valence-electron chi connectivity index (χ4n) is 4.44. The van der Waals surface area contributed by atoms with Crippen LogP contribution in [0, 0.1) is 18.8 Å². The molecule has 4 atom stereocenters. The fourth-order valence-corrected chi connectivity index (χ4v) is 4.98. The first-order chi connectivity index (χ1) is 17.0. The Morgan fingerprint density at radius 1 is 1.25 bits per heavy atom. The monoisotopic (exact) mass is 535 g/mol. The second kappa shape index (κ2) is 10.7. The van der Waals surface area contributed by atoms with Gasteiger partial charge < -0.3 is 10.2 Å². The molecule has 2 heterocycles. The van der Waals surface area contributed by atoms with Crippen LogP contribution in [0.15, 0.2) is 43.0 Å². The summed E-state index contributed by atoms with van der Waals surface area (Å²) in [6.07, 6.45) is 2.42. The van der Waals surface area contributed by atoms with Crippen molar-refractivity contribution >= 4 is 27.7 Å². The predicted octanol–water partition coefficient (Wildman–Crippen LogP) is 1.03. The van der Waals surface area contributed by atoms with E-state index in [9.17, 15) is 23.4 Å². The predicted molar refractivity (Wildman–Crippen MR) is 129 cm³/mol. The highest BCUT2D eigenvalue weighted by atomic mass is 35.5. The third-order valence-corrected chi connectivity index (χ3v) is 7.10. The number of aliphatic hydroxyl groups excluding tert-OH is 2. The van der Waals surface area contributed by atoms with E-state index in [1.165, 1.54) is 12.5 Å². The molecule has 13 heteroatoms. The summed E-state index contributed by atoms with van der Waals surface area (Å²) < 4.78 is 28.4. The normalized spacial score (nSPS) is 22.1. The number of carbonyl (C=O) groups excluding carboxylic acids is 1. The lowest BCUT2D eigenvalue weighted by Crippen LogP contribution is -2.31. The van der Waals surface area contributed by atoms with Crippen LogP contribution in [-0.4, -0.2) is 63.0 Å². The Morgan fingerprint density at radius 3 is 2.75 bits per heavy atom. The van der Waals surface area contributed by atoms with E-state index >= 15 is 0 Å². The molecule has 3 aromatic rings. The van der Waals surface area contributed by atoms with Gasteiger partial charge in [-0.15, -0.1) is 0 Å². The molecular weight excluding hydrogens is 510 g/mol. The minimum Gasteiger partial charge on any atom is -0.390 e. The highest BCUT2D eigenvalue weighted by Gasteiger charge is 2.42. The summed E-state index contributed by atoms with van der Waals surface area (Å²) in [5, 5.41) is 30.7. The fraction of sp³-hybridized carbons (Fsp3) is 0.391. The lowest BCUT2D eigenvalue weighted by molar-refractivity contribution is -0.00334. The molecule has 0 bridgehead atoms. The van der Waals surface area contributed by atoms with E-state index in [1.807, 2.05) is 25.1 Å². The number of hydrogen-bond donors (Lipinski definition) is 3. The summed E-state index contributed by atoms with van der Waals surface area (Å²) in [6, 6.07) is 7.28. The van der Waals surface area contributed by atoms with Gasteiger partial charge in [0.2, 0.25) is 5.78 Å². The van der Waals surface area contributed by atoms with E-state index in [2.05, 4.69) is 19.2 Å². The lowest BCUT2D eigenvalue weighted by atomic mass is 9.95. The van der Waals surface area contributed by atoms with E-state index in [0.29, 0.717) is 17.3 Å². The number of rotatable bonds is 9. The first-order valence-electron chi connectivity index (χ1n) is 11.2. The first kappa shape index (κ1) is 26.3. The number of carbonyl (C=O) groups is 1. The van der Waals surface area contributed by atoms with Gasteiger partial charge in [-0.25, -0.2) is 15.1 Å². The van der Waals surface area contributed by atoms with Gasteiger partial charge >= 0.3 is 10.3 Å². The van der Waals surface area contributed by atoms with Crippen molar-refractivity contribution in [3.63, 3.8) is 0 Å². The van der Waals surface area contributed by atoms with Crippen LogP contribution in [0.4, 0.5) is 0 Å². The number of nitrogens with two attached hydrogens (primary N) is 1. The molecular formula is C23H26ClN5O6S. The summed E-state index contributed by atoms with van der Waals surface area (Å²) in [5.74, 6) is -1.52. The zero-order valence-corrected chi connectivity index (χ0v) is 20.9. The topological polar surface area (TPSA) is 171 Å². The molecule has 1 fully saturated rings. The molecule has 1 aliphatic rings. The van der Waals surface area contributed by atoms with Crippen LogP contribution in [0.5, 0.6) is 0 Å². The Kier molecular flexibility index (Phi) is 7.83. The van der Waals surface area contributed by atoms with Crippen molar-refractivity contribution in [1.82, 2.24) is 19.7 Å². The van der Waals surface area contributed by atoms with Gasteiger partial charge in [-0.1, -0.05) is 29.3 Å². The van der Waals surface area contributed by atoms with Crippen molar-refractivity contribution in [1.29, 1.82) is 0 Å². The largest absolute Gasteiger partial charge is 0.390 e. The van der Waals surface area contributed by atoms with Gasteiger partial charge in [-0.2, -0.15) is 13.5 Å². The number of ketones is 1. The van der Waals surface area contributed by atoms with Gasteiger partial charge in [-0.3, -0.25) is 13.7 Å². The lowest BCUT2D eigenvalue weighted by Gasteiger charge is -2.17. The van der Waals surface area contributed by atoms with Crippen LogP contribution in [0.2, 0.25) is 5.02 Å². The Hall–Kier alpha value is -2.74. The van der Waals surface area contributed by atoms with Crippen molar-refractivity contribution in [2.75, 3.05) is 6.61 Å². The molecule has 0 unspecified atom stereocenters. The second-order valence-corrected chi connectivity index (χ2v) is 10.6. The van der Waals surface area contributed by atoms with Crippen molar-refractivity contribution in [3.8, 4) is 0 Å². The maximum atomic E-state index is 13.3. The minimum atomic E-state index is -4.17. The average molecular weight is 536 g/mol. The molecule has 4 N–H and O–H groups in total. The summed E-state index contributed by atoms with van der Waals surface area (Å²) in [6.45, 7) is 2.00. The van der Waals surface area contributed by atoms with E-state index in [1.54, 1.807) is 16.9 Å². The van der Waals surface area contributed by atoms with Crippen LogP contribution in [-0.2, 0) is 27.5 Å². The smallest absolute Gasteiger partial charge is 0.333 e. The van der Waals surface area contributed by atoms with Gasteiger partial charge in [0, 0.05) is 23.3 Å². The van der Waals surface area contributed by atoms with Gasteiger partial charge in [0.1, 0.15) is 12.0 Å². The van der Waals surface area contributed by atoms with Crippen molar-refractivity contribution in [2.45, 2.75) is 38.5 Å². The highest BCUT2D eigenvalue weighted by molar-refractivity contribution is 7.84. The standard InChI is InChI=1S/C23H26ClN5O6S/c1-13-2-3-18(24)15(6-13)10-29-5-4-19(28-29)23(32)17-9-26-12-27-20(17)8-14-7-16(22(31)21(14)30)11-35-36(25,33)34/h2-6,9,12,14,16,21-22,30-31H,7-8,10-11H2,1H3,(H2,25,33,34)/t14-,16+,21-,22+/m0/s1. The summed E-state index contributed by atoms with van der Waals surface area (Å²) in [5.41, 5.74) is 2.73. The van der Waals surface area contributed by atoms with Crippen LogP contribution in [0.3, 0.4) is 0 Å². The number of halogens is 1. The van der Waals surface area contributed by atoms with Crippen LogP contribution in [0.25, 0.3) is 0 Å². The number of aliphatic hydroxyl groups is 2. The third kappa shape index (κ3) is 6.14. The Balaban J connectivity index is 1.49. The summed E-state index contributed by atoms with van der Waals surface area (Å²) >= 11 is 6.28. The van der Waals surface area contributed by atoms with E-state index in [4.69, 9.17) is 16.7 Å². The molecule has 192 valence electrons. The molecule has 36 heavy (non-hydrogen) atoms. The Labute approximate surface area is 213 Å². The summed E-state index contributed by atoms with van der Waals surface area (Å²) in [7, 11) is -4.17. The maximum Gasteiger partial charge on any atom is 0.333 e. The van der Waals surface area contributed by atoms with Crippen molar-refractivity contribution in [2.24, 2.45) is 17.0 Å². The van der Waals surface area contributed by atoms with Crippen molar-refractivity contribution in [3.05, 3.63) is 76.1 Å². The highest BCUT2D eigenvalue weighted by Crippen LogP contribution is 2.35. The number of benzene rings is 1. The third-order valence-electron chi connectivity index (χ3n) is 6.27. The van der Waals surface area contributed by atoms with Gasteiger partial charge in [-0.05, 0) is 43.4 Å². The molecule has 1 saturated carbocycles. The number of aryl methyl sites for hydroxylation is 1. The Bertz CT molecular complexity index is 1360. The molecule has 2 aromatic heterocycles. The Morgan fingerprint density at radius 2 is 2.00 bits per heavy atom. The van der Waals surface area contributed by atoms with Crippen LogP contribution < -0.4 is 5.14 Å². The van der Waals surface area contributed by atoms with Crippen LogP contribution >= 0.6 is 11.6 Å². The molecule has 0 saturated heterocycles. The van der Waals surface area contributed by atoms with Crippen molar-refractivity contribution < 1.29 is 27.6 Å². The van der Waals surface area contributed by atoms with E-state index in [-0.39, 0.29) is 36.5 Å². The molecule has 1 aliphatic carbocycles. The number of hydrogen-bond acceptors (Lipinski definition) is 9. The molecule has 4 rings (SSSR count). The quantitative estimate of drug-likeness (QED) is 0.338. The SMILES string of the molecule is Cc1ccc(Cl)c(Cn2ccc(C(=O)c3cncnc3C[C@@H]3C[C@H](COS(N)(=O)=O)[C@@H](O)[C@H]3O)n2)c1. The summed E-state index contributed by atoms with van der Waals surface area (Å²) in [4.78, 5) is 21.5. The van der Waals surface area contributed by atoms with Gasteiger partial charge in [0.15, 0.2) is 0 Å². The average Bonchev–Trinajstić information content (AvgIpc) is 3.40. The molecule has 0 radical (unpaired) electrons. The van der Waals surface area contributed by atoms with E-state index < -0.39 is 34.3 Å². The first-order valence-corrected chi connectivity index (χ1v) is 13.0. The molecule has 0 spiro atoms. The minimum absolute atomic E-state index is 0.160. The zero-order valence-electron chi connectivity index (χ0n) is 19.4. The molecule has 1 aromatic carbocycles. The maximum absolute atomic E-state index is 13.3. The number of aromatic nitrogens is 4. The zero-order chi connectivity index (χ0) is 26.0. The number of nitrogens with zero attached hydrogens (tertiary/aromatic N) is 4.